The highest BCUT2D eigenvalue weighted by Gasteiger charge is 2.11. The zero-order valence-corrected chi connectivity index (χ0v) is 21.5. The van der Waals surface area contributed by atoms with Gasteiger partial charge < -0.3 is 4.74 Å². The van der Waals surface area contributed by atoms with Gasteiger partial charge in [-0.1, -0.05) is 35.0 Å². The minimum absolute atomic E-state index is 0.203. The molecule has 4 rings (SSSR count). The quantitative estimate of drug-likeness (QED) is 0.180. The molecule has 0 atom stereocenters. The maximum absolute atomic E-state index is 13.4. The van der Waals surface area contributed by atoms with E-state index < -0.39 is 0 Å². The molecule has 168 valence electrons. The Morgan fingerprint density at radius 1 is 1.18 bits per heavy atom. The van der Waals surface area contributed by atoms with Gasteiger partial charge >= 0.3 is 0 Å². The van der Waals surface area contributed by atoms with Gasteiger partial charge in [0.15, 0.2) is 0 Å². The van der Waals surface area contributed by atoms with E-state index in [1.807, 2.05) is 43.3 Å². The molecule has 1 heterocycles. The Kier molecular flexibility index (Phi) is 7.54. The molecule has 1 aromatic heterocycles. The van der Waals surface area contributed by atoms with Gasteiger partial charge in [0, 0.05) is 10.9 Å². The lowest BCUT2D eigenvalue weighted by atomic mass is 10.2. The molecular formula is C25H20BrFIN3O2. The fourth-order valence-corrected chi connectivity index (χ4v) is 4.38. The summed E-state index contributed by atoms with van der Waals surface area (Å²) in [4.78, 5) is 17.8. The highest BCUT2D eigenvalue weighted by Crippen LogP contribution is 2.23. The molecule has 4 aromatic rings. The first-order valence-corrected chi connectivity index (χ1v) is 12.2. The number of hydrogen-bond acceptors (Lipinski definition) is 4. The summed E-state index contributed by atoms with van der Waals surface area (Å²) in [5.41, 5.74) is 2.04. The van der Waals surface area contributed by atoms with Gasteiger partial charge in [-0.25, -0.2) is 9.37 Å². The Balaban J connectivity index is 1.59. The Morgan fingerprint density at radius 2 is 2.03 bits per heavy atom. The lowest BCUT2D eigenvalue weighted by Crippen LogP contribution is -2.22. The van der Waals surface area contributed by atoms with E-state index in [-0.39, 0.29) is 18.0 Å². The molecule has 0 N–H and O–H groups in total. The van der Waals surface area contributed by atoms with Crippen LogP contribution in [0.3, 0.4) is 0 Å². The zero-order valence-electron chi connectivity index (χ0n) is 17.8. The van der Waals surface area contributed by atoms with E-state index in [1.54, 1.807) is 18.3 Å². The molecule has 0 saturated carbocycles. The normalized spacial score (nSPS) is 11.4. The van der Waals surface area contributed by atoms with Crippen LogP contribution in [-0.4, -0.2) is 15.9 Å². The molecule has 0 bridgehead atoms. The number of hydrogen-bond donors (Lipinski definition) is 0. The molecule has 0 radical (unpaired) electrons. The number of ether oxygens (including phenoxy) is 1. The van der Waals surface area contributed by atoms with Gasteiger partial charge in [-0.2, -0.15) is 9.78 Å². The van der Waals surface area contributed by atoms with E-state index in [1.165, 1.54) is 16.8 Å². The smallest absolute Gasteiger partial charge is 0.282 e. The highest BCUT2D eigenvalue weighted by molar-refractivity contribution is 14.1. The van der Waals surface area contributed by atoms with Crippen LogP contribution in [0.15, 0.2) is 75.0 Å². The van der Waals surface area contributed by atoms with E-state index >= 15 is 0 Å². The van der Waals surface area contributed by atoms with Crippen molar-refractivity contribution in [2.75, 3.05) is 0 Å². The van der Waals surface area contributed by atoms with Crippen molar-refractivity contribution < 1.29 is 9.13 Å². The average molecular weight is 620 g/mol. The van der Waals surface area contributed by atoms with E-state index in [0.29, 0.717) is 28.9 Å². The average Bonchev–Trinajstić information content (AvgIpc) is 2.79. The lowest BCUT2D eigenvalue weighted by Gasteiger charge is -2.10. The Hall–Kier alpha value is -2.59. The van der Waals surface area contributed by atoms with Crippen molar-refractivity contribution in [3.63, 3.8) is 0 Å². The summed E-state index contributed by atoms with van der Waals surface area (Å²) in [7, 11) is 0. The third-order valence-electron chi connectivity index (χ3n) is 4.91. The highest BCUT2D eigenvalue weighted by atomic mass is 127. The minimum Gasteiger partial charge on any atom is -0.488 e. The first-order chi connectivity index (χ1) is 15.9. The number of nitrogens with zero attached hydrogens (tertiary/aromatic N) is 3. The van der Waals surface area contributed by atoms with Crippen LogP contribution in [0.5, 0.6) is 5.75 Å². The summed E-state index contributed by atoms with van der Waals surface area (Å²) in [6, 6.07) is 17.4. The van der Waals surface area contributed by atoms with Gasteiger partial charge in [-0.05, 0) is 88.7 Å². The van der Waals surface area contributed by atoms with Crippen molar-refractivity contribution in [2.45, 2.75) is 26.4 Å². The maximum atomic E-state index is 13.4. The molecule has 0 aliphatic rings. The number of fused-ring (bicyclic) bond motifs is 1. The van der Waals surface area contributed by atoms with Crippen LogP contribution in [0.25, 0.3) is 10.9 Å². The van der Waals surface area contributed by atoms with Crippen LogP contribution in [0.2, 0.25) is 0 Å². The zero-order chi connectivity index (χ0) is 23.4. The summed E-state index contributed by atoms with van der Waals surface area (Å²) in [5.74, 6) is 1.03. The molecule has 0 aliphatic carbocycles. The van der Waals surface area contributed by atoms with E-state index in [9.17, 15) is 9.18 Å². The fraction of sp³-hybridized carbons (Fsp3) is 0.160. The molecule has 0 fully saturated rings. The van der Waals surface area contributed by atoms with Gasteiger partial charge in [0.25, 0.3) is 5.56 Å². The monoisotopic (exact) mass is 619 g/mol. The van der Waals surface area contributed by atoms with Gasteiger partial charge in [-0.15, -0.1) is 0 Å². The van der Waals surface area contributed by atoms with Gasteiger partial charge in [-0.3, -0.25) is 4.79 Å². The van der Waals surface area contributed by atoms with Crippen molar-refractivity contribution in [2.24, 2.45) is 5.10 Å². The predicted octanol–water partition coefficient (Wildman–Crippen LogP) is 6.32. The summed E-state index contributed by atoms with van der Waals surface area (Å²) < 4.78 is 22.3. The third kappa shape index (κ3) is 5.67. The molecule has 8 heteroatoms. The van der Waals surface area contributed by atoms with E-state index in [0.717, 1.165) is 25.6 Å². The molecule has 0 unspecified atom stereocenters. The van der Waals surface area contributed by atoms with Crippen molar-refractivity contribution in [3.05, 3.63) is 102 Å². The number of halogens is 3. The fourth-order valence-electron chi connectivity index (χ4n) is 3.33. The topological polar surface area (TPSA) is 56.5 Å². The first-order valence-electron chi connectivity index (χ1n) is 10.4. The van der Waals surface area contributed by atoms with Gasteiger partial charge in [0.1, 0.15) is 24.0 Å². The number of rotatable bonds is 7. The molecule has 0 aliphatic heterocycles. The second-order valence-corrected chi connectivity index (χ2v) is 9.49. The Bertz CT molecular complexity index is 1400. The molecule has 0 amide bonds. The van der Waals surface area contributed by atoms with E-state index in [4.69, 9.17) is 4.74 Å². The number of benzene rings is 3. The van der Waals surface area contributed by atoms with Crippen molar-refractivity contribution >= 4 is 55.6 Å². The van der Waals surface area contributed by atoms with Crippen LogP contribution in [0, 0.1) is 9.39 Å². The molecule has 3 aromatic carbocycles. The summed E-state index contributed by atoms with van der Waals surface area (Å²) >= 11 is 5.60. The predicted molar refractivity (Wildman–Crippen MR) is 141 cm³/mol. The first kappa shape index (κ1) is 23.6. The lowest BCUT2D eigenvalue weighted by molar-refractivity contribution is 0.303. The minimum atomic E-state index is -0.287. The van der Waals surface area contributed by atoms with Crippen LogP contribution in [0.1, 0.15) is 30.3 Å². The summed E-state index contributed by atoms with van der Waals surface area (Å²) in [5, 5.41) is 4.98. The maximum Gasteiger partial charge on any atom is 0.282 e. The van der Waals surface area contributed by atoms with Crippen LogP contribution >= 0.6 is 38.5 Å². The Morgan fingerprint density at radius 3 is 2.79 bits per heavy atom. The van der Waals surface area contributed by atoms with Crippen LogP contribution in [-0.2, 0) is 13.0 Å². The molecule has 0 spiro atoms. The number of aryl methyl sites for hydroxylation is 1. The van der Waals surface area contributed by atoms with Gasteiger partial charge in [0.2, 0.25) is 0 Å². The van der Waals surface area contributed by atoms with Crippen molar-refractivity contribution in [3.8, 4) is 5.75 Å². The largest absolute Gasteiger partial charge is 0.488 e. The van der Waals surface area contributed by atoms with Crippen LogP contribution < -0.4 is 10.3 Å². The molecular weight excluding hydrogens is 600 g/mol. The van der Waals surface area contributed by atoms with E-state index in [2.05, 4.69) is 48.6 Å². The van der Waals surface area contributed by atoms with Crippen molar-refractivity contribution in [1.82, 2.24) is 9.66 Å². The van der Waals surface area contributed by atoms with Crippen LogP contribution in [0.4, 0.5) is 4.39 Å². The number of aromatic nitrogens is 2. The Labute approximate surface area is 212 Å². The molecule has 5 nitrogen and oxygen atoms in total. The second-order valence-electron chi connectivity index (χ2n) is 7.41. The third-order valence-corrected chi connectivity index (χ3v) is 6.25. The van der Waals surface area contributed by atoms with Crippen molar-refractivity contribution in [1.29, 1.82) is 0 Å². The standard InChI is InChI=1S/C25H20BrFIN3O2/c1-2-4-24-30-22-9-8-18(26)13-20(22)25(32)31(24)29-14-16-7-10-23(21(28)12-16)33-15-17-5-3-6-19(27)11-17/h3,5-14H,2,4,15H2,1H3. The van der Waals surface area contributed by atoms with Gasteiger partial charge in [0.05, 0.1) is 20.7 Å². The second kappa shape index (κ2) is 10.6. The molecule has 0 saturated heterocycles. The SMILES string of the molecule is CCCc1nc2ccc(Br)cc2c(=O)n1N=Cc1ccc(OCc2cccc(F)c2)c(I)c1. The summed E-state index contributed by atoms with van der Waals surface area (Å²) in [6.07, 6.45) is 3.13. The summed E-state index contributed by atoms with van der Waals surface area (Å²) in [6.45, 7) is 2.31. The molecule has 33 heavy (non-hydrogen) atoms.